The molecule has 1 aromatic rings. The molecular weight excluding hydrogens is 344 g/mol. The largest absolute Gasteiger partial charge is 0.352 e. The molecule has 1 aromatic carbocycles. The van der Waals surface area contributed by atoms with Gasteiger partial charge in [0.05, 0.1) is 5.25 Å². The summed E-state index contributed by atoms with van der Waals surface area (Å²) < 4.78 is 0. The summed E-state index contributed by atoms with van der Waals surface area (Å²) in [5.74, 6) is -0.0422. The average Bonchev–Trinajstić information content (AvgIpc) is 2.85. The van der Waals surface area contributed by atoms with Gasteiger partial charge in [0.1, 0.15) is 6.54 Å². The molecule has 3 rings (SSSR count). The summed E-state index contributed by atoms with van der Waals surface area (Å²) in [5, 5.41) is 3.79. The molecule has 130 valence electrons. The molecule has 1 saturated heterocycles. The van der Waals surface area contributed by atoms with Gasteiger partial charge in [-0.3, -0.25) is 9.59 Å². The topological polar surface area (TPSA) is 49.4 Å². The number of thioether (sulfide) groups is 1. The third kappa shape index (κ3) is 4.06. The Morgan fingerprint density at radius 2 is 1.92 bits per heavy atom. The number of hydrogen-bond acceptors (Lipinski definition) is 3. The highest BCUT2D eigenvalue weighted by atomic mass is 35.5. The molecule has 2 atom stereocenters. The summed E-state index contributed by atoms with van der Waals surface area (Å²) in [4.78, 5) is 26.3. The standard InChI is InChI=1S/C18H23ClN2O2S/c1-12-17(13-7-9-14(19)10-8-13)24-18(23)21(12)11-16(22)20-15-5-3-2-4-6-15/h7-10,12,15,17H,2-6,11H2,1H3,(H,20,22). The number of nitrogens with one attached hydrogen (secondary N) is 1. The number of hydrogen-bond donors (Lipinski definition) is 1. The van der Waals surface area contributed by atoms with Gasteiger partial charge in [-0.1, -0.05) is 54.8 Å². The lowest BCUT2D eigenvalue weighted by molar-refractivity contribution is -0.122. The van der Waals surface area contributed by atoms with Gasteiger partial charge in [-0.25, -0.2) is 0 Å². The second kappa shape index (κ2) is 7.79. The van der Waals surface area contributed by atoms with Crippen molar-refractivity contribution in [3.63, 3.8) is 0 Å². The molecule has 1 aliphatic heterocycles. The van der Waals surface area contributed by atoms with Crippen LogP contribution in [0.3, 0.4) is 0 Å². The maximum Gasteiger partial charge on any atom is 0.283 e. The molecule has 0 radical (unpaired) electrons. The number of carbonyl (C=O) groups excluding carboxylic acids is 2. The molecule has 0 bridgehead atoms. The van der Waals surface area contributed by atoms with Crippen molar-refractivity contribution in [2.75, 3.05) is 6.54 Å². The number of nitrogens with zero attached hydrogens (tertiary/aromatic N) is 1. The van der Waals surface area contributed by atoms with E-state index in [0.29, 0.717) is 5.02 Å². The van der Waals surface area contributed by atoms with Crippen LogP contribution in [0, 0.1) is 0 Å². The Morgan fingerprint density at radius 1 is 1.25 bits per heavy atom. The number of halogens is 1. The van der Waals surface area contributed by atoms with E-state index in [4.69, 9.17) is 11.6 Å². The lowest BCUT2D eigenvalue weighted by Gasteiger charge is -2.26. The third-order valence-electron chi connectivity index (χ3n) is 4.87. The van der Waals surface area contributed by atoms with Crippen molar-refractivity contribution in [2.45, 2.75) is 56.4 Å². The van der Waals surface area contributed by atoms with E-state index in [1.807, 2.05) is 31.2 Å². The monoisotopic (exact) mass is 366 g/mol. The van der Waals surface area contributed by atoms with E-state index < -0.39 is 0 Å². The van der Waals surface area contributed by atoms with Gasteiger partial charge in [0, 0.05) is 17.1 Å². The first-order chi connectivity index (χ1) is 11.5. The molecule has 24 heavy (non-hydrogen) atoms. The van der Waals surface area contributed by atoms with Gasteiger partial charge in [0.2, 0.25) is 5.91 Å². The summed E-state index contributed by atoms with van der Waals surface area (Å²) in [5.41, 5.74) is 1.07. The Kier molecular flexibility index (Phi) is 5.72. The minimum atomic E-state index is -0.0422. The number of amides is 2. The molecular formula is C18H23ClN2O2S. The Labute approximate surface area is 152 Å². The van der Waals surface area contributed by atoms with E-state index in [9.17, 15) is 9.59 Å². The van der Waals surface area contributed by atoms with Gasteiger partial charge < -0.3 is 10.2 Å². The number of benzene rings is 1. The molecule has 1 saturated carbocycles. The quantitative estimate of drug-likeness (QED) is 0.859. The summed E-state index contributed by atoms with van der Waals surface area (Å²) in [7, 11) is 0. The van der Waals surface area contributed by atoms with Crippen LogP contribution in [0.2, 0.25) is 5.02 Å². The lowest BCUT2D eigenvalue weighted by Crippen LogP contribution is -2.45. The van der Waals surface area contributed by atoms with Crippen molar-refractivity contribution < 1.29 is 9.59 Å². The van der Waals surface area contributed by atoms with Crippen LogP contribution in [0.4, 0.5) is 4.79 Å². The van der Waals surface area contributed by atoms with Crippen LogP contribution in [0.15, 0.2) is 24.3 Å². The lowest BCUT2D eigenvalue weighted by atomic mass is 9.95. The van der Waals surface area contributed by atoms with Gasteiger partial charge >= 0.3 is 0 Å². The van der Waals surface area contributed by atoms with Crippen LogP contribution in [-0.2, 0) is 4.79 Å². The molecule has 0 aromatic heterocycles. The summed E-state index contributed by atoms with van der Waals surface area (Å²) >= 11 is 7.23. The average molecular weight is 367 g/mol. The highest BCUT2D eigenvalue weighted by Crippen LogP contribution is 2.43. The molecule has 0 spiro atoms. The Balaban J connectivity index is 1.60. The molecule has 2 unspecified atom stereocenters. The van der Waals surface area contributed by atoms with E-state index in [-0.39, 0.29) is 35.0 Å². The number of carbonyl (C=O) groups is 2. The van der Waals surface area contributed by atoms with Crippen molar-refractivity contribution in [1.82, 2.24) is 10.2 Å². The van der Waals surface area contributed by atoms with E-state index in [2.05, 4.69) is 5.32 Å². The Bertz CT molecular complexity index is 602. The Morgan fingerprint density at radius 3 is 2.58 bits per heavy atom. The molecule has 2 aliphatic rings. The maximum absolute atomic E-state index is 12.3. The molecule has 6 heteroatoms. The predicted molar refractivity (Wildman–Crippen MR) is 98.4 cm³/mol. The zero-order chi connectivity index (χ0) is 17.1. The zero-order valence-corrected chi connectivity index (χ0v) is 15.4. The first-order valence-corrected chi connectivity index (χ1v) is 9.82. The van der Waals surface area contributed by atoms with Crippen LogP contribution in [0.5, 0.6) is 0 Å². The van der Waals surface area contributed by atoms with Crippen LogP contribution in [0.1, 0.15) is 49.8 Å². The van der Waals surface area contributed by atoms with Crippen LogP contribution in [-0.4, -0.2) is 34.7 Å². The first-order valence-electron chi connectivity index (χ1n) is 8.56. The molecule has 2 amide bonds. The van der Waals surface area contributed by atoms with E-state index >= 15 is 0 Å². The van der Waals surface area contributed by atoms with Gasteiger partial charge in [-0.15, -0.1) is 0 Å². The molecule has 1 heterocycles. The fourth-order valence-electron chi connectivity index (χ4n) is 3.49. The van der Waals surface area contributed by atoms with Gasteiger partial charge in [-0.05, 0) is 37.5 Å². The second-order valence-electron chi connectivity index (χ2n) is 6.63. The van der Waals surface area contributed by atoms with Crippen molar-refractivity contribution >= 4 is 34.5 Å². The van der Waals surface area contributed by atoms with Crippen LogP contribution in [0.25, 0.3) is 0 Å². The van der Waals surface area contributed by atoms with Gasteiger partial charge in [-0.2, -0.15) is 0 Å². The predicted octanol–water partition coefficient (Wildman–Crippen LogP) is 4.39. The summed E-state index contributed by atoms with van der Waals surface area (Å²) in [6.07, 6.45) is 5.72. The molecule has 1 N–H and O–H groups in total. The van der Waals surface area contributed by atoms with Gasteiger partial charge in [0.15, 0.2) is 0 Å². The second-order valence-corrected chi connectivity index (χ2v) is 8.16. The Hall–Kier alpha value is -1.20. The van der Waals surface area contributed by atoms with E-state index in [0.717, 1.165) is 18.4 Å². The SMILES string of the molecule is CC1C(c2ccc(Cl)cc2)SC(=O)N1CC(=O)NC1CCCCC1. The molecule has 2 fully saturated rings. The normalized spacial score (nSPS) is 25.1. The molecule has 1 aliphatic carbocycles. The van der Waals surface area contributed by atoms with Gasteiger partial charge in [0.25, 0.3) is 5.24 Å². The van der Waals surface area contributed by atoms with Crippen molar-refractivity contribution in [1.29, 1.82) is 0 Å². The fraction of sp³-hybridized carbons (Fsp3) is 0.556. The third-order valence-corrected chi connectivity index (χ3v) is 6.48. The highest BCUT2D eigenvalue weighted by molar-refractivity contribution is 8.14. The van der Waals surface area contributed by atoms with Crippen LogP contribution >= 0.6 is 23.4 Å². The van der Waals surface area contributed by atoms with E-state index in [1.165, 1.54) is 31.0 Å². The number of rotatable bonds is 4. The van der Waals surface area contributed by atoms with Crippen molar-refractivity contribution in [2.24, 2.45) is 0 Å². The van der Waals surface area contributed by atoms with E-state index in [1.54, 1.807) is 4.90 Å². The van der Waals surface area contributed by atoms with Crippen molar-refractivity contribution in [3.05, 3.63) is 34.9 Å². The summed E-state index contributed by atoms with van der Waals surface area (Å²) in [6, 6.07) is 7.85. The molecule has 4 nitrogen and oxygen atoms in total. The zero-order valence-electron chi connectivity index (χ0n) is 13.8. The van der Waals surface area contributed by atoms with Crippen LogP contribution < -0.4 is 5.32 Å². The summed E-state index contributed by atoms with van der Waals surface area (Å²) in [6.45, 7) is 2.15. The highest BCUT2D eigenvalue weighted by Gasteiger charge is 2.39. The minimum absolute atomic E-state index is 0.0132. The van der Waals surface area contributed by atoms with Crippen molar-refractivity contribution in [3.8, 4) is 0 Å². The first kappa shape index (κ1) is 17.6. The minimum Gasteiger partial charge on any atom is -0.352 e. The fourth-order valence-corrected chi connectivity index (χ4v) is 4.83. The smallest absolute Gasteiger partial charge is 0.283 e. The maximum atomic E-state index is 12.3.